The zero-order valence-corrected chi connectivity index (χ0v) is 10.6. The molecule has 2 rings (SSSR count). The van der Waals surface area contributed by atoms with Crippen LogP contribution in [0.25, 0.3) is 10.8 Å². The van der Waals surface area contributed by atoms with Crippen LogP contribution >= 0.6 is 0 Å². The molecule has 0 N–H and O–H groups in total. The molecule has 0 aliphatic heterocycles. The number of ether oxygens (including phenoxy) is 1. The van der Waals surface area contributed by atoms with Gasteiger partial charge in [0.25, 0.3) is 0 Å². The number of rotatable bonds is 3. The van der Waals surface area contributed by atoms with E-state index < -0.39 is 0 Å². The summed E-state index contributed by atoms with van der Waals surface area (Å²) in [6.45, 7) is 3.03. The minimum Gasteiger partial charge on any atom is -0.496 e. The highest BCUT2D eigenvalue weighted by atomic mass is 16.5. The summed E-state index contributed by atoms with van der Waals surface area (Å²) in [5.74, 6) is 0.524. The molecule has 0 unspecified atom stereocenters. The van der Waals surface area contributed by atoms with Crippen molar-refractivity contribution in [3.63, 3.8) is 0 Å². The van der Waals surface area contributed by atoms with Crippen LogP contribution in [0, 0.1) is 0 Å². The maximum atomic E-state index is 11.7. The van der Waals surface area contributed by atoms with E-state index in [4.69, 9.17) is 4.74 Å². The first kappa shape index (κ1) is 12.3. The molecule has 3 nitrogen and oxygen atoms in total. The molecule has 0 aliphatic rings. The van der Waals surface area contributed by atoms with Crippen molar-refractivity contribution in [1.29, 1.82) is 0 Å². The van der Waals surface area contributed by atoms with Crippen molar-refractivity contribution in [2.45, 2.75) is 13.8 Å². The second kappa shape index (κ2) is 4.61. The number of fused-ring (bicyclic) bond motifs is 1. The Morgan fingerprint density at radius 2 is 1.72 bits per heavy atom. The Kier molecular flexibility index (Phi) is 3.15. The Morgan fingerprint density at radius 3 is 2.28 bits per heavy atom. The van der Waals surface area contributed by atoms with Gasteiger partial charge in [-0.1, -0.05) is 18.2 Å². The summed E-state index contributed by atoms with van der Waals surface area (Å²) in [5.41, 5.74) is 1.20. The quantitative estimate of drug-likeness (QED) is 0.776. The minimum atomic E-state index is -0.0481. The summed E-state index contributed by atoms with van der Waals surface area (Å²) in [6.07, 6.45) is 0. The normalized spacial score (nSPS) is 10.4. The van der Waals surface area contributed by atoms with Crippen molar-refractivity contribution < 1.29 is 14.3 Å². The maximum absolute atomic E-state index is 11.7. The summed E-state index contributed by atoms with van der Waals surface area (Å²) in [5, 5.41) is 1.68. The van der Waals surface area contributed by atoms with Crippen LogP contribution < -0.4 is 4.74 Å². The van der Waals surface area contributed by atoms with E-state index in [9.17, 15) is 9.59 Å². The predicted molar refractivity (Wildman–Crippen MR) is 70.5 cm³/mol. The molecule has 0 fully saturated rings. The van der Waals surface area contributed by atoms with Gasteiger partial charge in [-0.2, -0.15) is 0 Å². The van der Waals surface area contributed by atoms with Crippen molar-refractivity contribution in [3.05, 3.63) is 41.5 Å². The SMILES string of the molecule is COc1ccc2cc(C(C)=O)ccc2c1C(C)=O. The van der Waals surface area contributed by atoms with E-state index in [2.05, 4.69) is 0 Å². The Balaban J connectivity index is 2.78. The number of benzene rings is 2. The maximum Gasteiger partial charge on any atom is 0.164 e. The highest BCUT2D eigenvalue weighted by Gasteiger charge is 2.13. The van der Waals surface area contributed by atoms with Crippen LogP contribution in [-0.4, -0.2) is 18.7 Å². The lowest BCUT2D eigenvalue weighted by molar-refractivity contribution is 0.100. The number of carbonyl (C=O) groups is 2. The van der Waals surface area contributed by atoms with Gasteiger partial charge in [-0.3, -0.25) is 9.59 Å². The molecule has 2 aromatic carbocycles. The van der Waals surface area contributed by atoms with Crippen LogP contribution in [0.1, 0.15) is 34.6 Å². The van der Waals surface area contributed by atoms with Crippen molar-refractivity contribution >= 4 is 22.3 Å². The van der Waals surface area contributed by atoms with Gasteiger partial charge in [-0.15, -0.1) is 0 Å². The van der Waals surface area contributed by atoms with Crippen LogP contribution in [0.5, 0.6) is 5.75 Å². The first-order chi connectivity index (χ1) is 8.54. The molecule has 0 bridgehead atoms. The third-order valence-electron chi connectivity index (χ3n) is 2.96. The molecule has 0 atom stereocenters. The summed E-state index contributed by atoms with van der Waals surface area (Å²) < 4.78 is 5.20. The number of hydrogen-bond acceptors (Lipinski definition) is 3. The van der Waals surface area contributed by atoms with E-state index in [1.54, 1.807) is 24.3 Å². The fourth-order valence-electron chi connectivity index (χ4n) is 2.06. The summed E-state index contributed by atoms with van der Waals surface area (Å²) in [6, 6.07) is 8.93. The van der Waals surface area contributed by atoms with E-state index in [0.29, 0.717) is 16.9 Å². The number of ketones is 2. The number of Topliss-reactive ketones (excluding diaryl/α,β-unsaturated/α-hetero) is 2. The molecular formula is C15H14O3. The number of methoxy groups -OCH3 is 1. The molecule has 0 saturated heterocycles. The van der Waals surface area contributed by atoms with Crippen LogP contribution in [0.15, 0.2) is 30.3 Å². The molecule has 0 heterocycles. The van der Waals surface area contributed by atoms with Gasteiger partial charge in [0.2, 0.25) is 0 Å². The first-order valence-electron chi connectivity index (χ1n) is 5.67. The van der Waals surface area contributed by atoms with Crippen LogP contribution in [-0.2, 0) is 0 Å². The monoisotopic (exact) mass is 242 g/mol. The Bertz CT molecular complexity index is 641. The lowest BCUT2D eigenvalue weighted by Gasteiger charge is -2.10. The van der Waals surface area contributed by atoms with Crippen molar-refractivity contribution in [3.8, 4) is 5.75 Å². The number of carbonyl (C=O) groups excluding carboxylic acids is 2. The third-order valence-corrected chi connectivity index (χ3v) is 2.96. The van der Waals surface area contributed by atoms with Crippen LogP contribution in [0.3, 0.4) is 0 Å². The predicted octanol–water partition coefficient (Wildman–Crippen LogP) is 3.25. The fourth-order valence-corrected chi connectivity index (χ4v) is 2.06. The van der Waals surface area contributed by atoms with E-state index in [1.807, 2.05) is 6.07 Å². The average molecular weight is 242 g/mol. The third kappa shape index (κ3) is 1.99. The lowest BCUT2D eigenvalue weighted by atomic mass is 9.98. The van der Waals surface area contributed by atoms with Gasteiger partial charge in [0.05, 0.1) is 12.7 Å². The van der Waals surface area contributed by atoms with Gasteiger partial charge in [-0.25, -0.2) is 0 Å². The second-order valence-corrected chi connectivity index (χ2v) is 4.19. The topological polar surface area (TPSA) is 43.4 Å². The Hall–Kier alpha value is -2.16. The van der Waals surface area contributed by atoms with Gasteiger partial charge in [0, 0.05) is 5.56 Å². The smallest absolute Gasteiger partial charge is 0.164 e. The van der Waals surface area contributed by atoms with E-state index in [-0.39, 0.29) is 11.6 Å². The van der Waals surface area contributed by atoms with E-state index >= 15 is 0 Å². The molecule has 18 heavy (non-hydrogen) atoms. The fraction of sp³-hybridized carbons (Fsp3) is 0.200. The second-order valence-electron chi connectivity index (χ2n) is 4.19. The largest absolute Gasteiger partial charge is 0.496 e. The zero-order chi connectivity index (χ0) is 13.3. The van der Waals surface area contributed by atoms with Crippen molar-refractivity contribution in [2.24, 2.45) is 0 Å². The van der Waals surface area contributed by atoms with Crippen molar-refractivity contribution in [2.75, 3.05) is 7.11 Å². The highest BCUT2D eigenvalue weighted by Crippen LogP contribution is 2.29. The van der Waals surface area contributed by atoms with Gasteiger partial charge in [0.1, 0.15) is 5.75 Å². The molecule has 0 saturated carbocycles. The summed E-state index contributed by atoms with van der Waals surface area (Å²) in [7, 11) is 1.54. The molecule has 0 spiro atoms. The van der Waals surface area contributed by atoms with Crippen LogP contribution in [0.2, 0.25) is 0 Å². The van der Waals surface area contributed by atoms with Crippen molar-refractivity contribution in [1.82, 2.24) is 0 Å². The first-order valence-corrected chi connectivity index (χ1v) is 5.67. The molecule has 3 heteroatoms. The lowest BCUT2D eigenvalue weighted by Crippen LogP contribution is -2.00. The standard InChI is InChI=1S/C15H14O3/c1-9(16)11-4-6-13-12(8-11)5-7-14(18-3)15(13)10(2)17/h4-8H,1-3H3. The summed E-state index contributed by atoms with van der Waals surface area (Å²) >= 11 is 0. The number of hydrogen-bond donors (Lipinski definition) is 0. The van der Waals surface area contributed by atoms with E-state index in [0.717, 1.165) is 10.8 Å². The van der Waals surface area contributed by atoms with Gasteiger partial charge < -0.3 is 4.74 Å². The van der Waals surface area contributed by atoms with Gasteiger partial charge >= 0.3 is 0 Å². The van der Waals surface area contributed by atoms with Gasteiger partial charge in [0.15, 0.2) is 11.6 Å². The molecule has 0 amide bonds. The Labute approximate surface area is 105 Å². The van der Waals surface area contributed by atoms with Crippen LogP contribution in [0.4, 0.5) is 0 Å². The molecule has 0 radical (unpaired) electrons. The average Bonchev–Trinajstić information content (AvgIpc) is 2.36. The zero-order valence-electron chi connectivity index (χ0n) is 10.6. The van der Waals surface area contributed by atoms with Gasteiger partial charge in [-0.05, 0) is 36.8 Å². The molecule has 0 aromatic heterocycles. The Morgan fingerprint density at radius 1 is 1.00 bits per heavy atom. The highest BCUT2D eigenvalue weighted by molar-refractivity contribution is 6.10. The molecule has 2 aromatic rings. The molecular weight excluding hydrogens is 228 g/mol. The minimum absolute atomic E-state index is 0.0112. The summed E-state index contributed by atoms with van der Waals surface area (Å²) in [4.78, 5) is 23.1. The molecule has 0 aliphatic carbocycles. The van der Waals surface area contributed by atoms with E-state index in [1.165, 1.54) is 21.0 Å². The molecule has 92 valence electrons.